The van der Waals surface area contributed by atoms with E-state index in [0.29, 0.717) is 5.95 Å². The van der Waals surface area contributed by atoms with E-state index in [-0.39, 0.29) is 11.2 Å². The first-order chi connectivity index (χ1) is 5.09. The van der Waals surface area contributed by atoms with Gasteiger partial charge in [0.05, 0.1) is 0 Å². The third-order valence-electron chi connectivity index (χ3n) is 1.01. The zero-order valence-electron chi connectivity index (χ0n) is 6.24. The topological polar surface area (TPSA) is 67.9 Å². The minimum absolute atomic E-state index is 0.112. The maximum Gasteiger partial charge on any atom is 0.230 e. The first kappa shape index (κ1) is 8.00. The summed E-state index contributed by atoms with van der Waals surface area (Å²) in [5.41, 5.74) is 5.32. The lowest BCUT2D eigenvalue weighted by molar-refractivity contribution is 0.965. The first-order valence-corrected chi connectivity index (χ1v) is 3.32. The molecule has 1 rings (SSSR count). The van der Waals surface area contributed by atoms with Gasteiger partial charge in [0, 0.05) is 14.1 Å². The molecule has 0 aromatic carbocycles. The van der Waals surface area contributed by atoms with Gasteiger partial charge in [0.25, 0.3) is 0 Å². The SMILES string of the molecule is CN(C)c1nc(N)nc(Cl)n1. The molecule has 0 amide bonds. The highest BCUT2D eigenvalue weighted by atomic mass is 35.5. The van der Waals surface area contributed by atoms with Crippen molar-refractivity contribution in [2.75, 3.05) is 24.7 Å². The summed E-state index contributed by atoms with van der Waals surface area (Å²) in [7, 11) is 3.59. The molecule has 0 saturated heterocycles. The van der Waals surface area contributed by atoms with Crippen LogP contribution in [0.25, 0.3) is 0 Å². The molecule has 5 nitrogen and oxygen atoms in total. The van der Waals surface area contributed by atoms with Crippen LogP contribution in [-0.2, 0) is 0 Å². The fourth-order valence-electron chi connectivity index (χ4n) is 0.554. The van der Waals surface area contributed by atoms with Crippen LogP contribution >= 0.6 is 11.6 Å². The Hall–Kier alpha value is -1.10. The number of nitrogen functional groups attached to an aromatic ring is 1. The van der Waals surface area contributed by atoms with Crippen molar-refractivity contribution >= 4 is 23.5 Å². The Morgan fingerprint density at radius 2 is 1.91 bits per heavy atom. The predicted molar refractivity (Wildman–Crippen MR) is 43.6 cm³/mol. The quantitative estimate of drug-likeness (QED) is 0.656. The lowest BCUT2D eigenvalue weighted by Gasteiger charge is -2.08. The van der Waals surface area contributed by atoms with Crippen LogP contribution in [0.1, 0.15) is 0 Å². The summed E-state index contributed by atoms with van der Waals surface area (Å²) < 4.78 is 0. The van der Waals surface area contributed by atoms with E-state index >= 15 is 0 Å². The van der Waals surface area contributed by atoms with Gasteiger partial charge in [0.15, 0.2) is 0 Å². The molecular weight excluding hydrogens is 166 g/mol. The molecule has 0 radical (unpaired) electrons. The van der Waals surface area contributed by atoms with E-state index in [1.807, 2.05) is 0 Å². The number of hydrogen-bond donors (Lipinski definition) is 1. The van der Waals surface area contributed by atoms with Crippen molar-refractivity contribution in [1.29, 1.82) is 0 Å². The Labute approximate surface area is 69.2 Å². The molecule has 11 heavy (non-hydrogen) atoms. The van der Waals surface area contributed by atoms with E-state index in [4.69, 9.17) is 17.3 Å². The summed E-state index contributed by atoms with van der Waals surface area (Å²) in [6.45, 7) is 0. The molecule has 0 spiro atoms. The van der Waals surface area contributed by atoms with Crippen molar-refractivity contribution in [2.45, 2.75) is 0 Å². The van der Waals surface area contributed by atoms with Crippen molar-refractivity contribution < 1.29 is 0 Å². The standard InChI is InChI=1S/C5H8ClN5/c1-11(2)5-9-3(6)8-4(7)10-5/h1-2H3,(H2,7,8,9,10). The second-order valence-electron chi connectivity index (χ2n) is 2.16. The van der Waals surface area contributed by atoms with Gasteiger partial charge in [-0.2, -0.15) is 15.0 Å². The molecule has 60 valence electrons. The van der Waals surface area contributed by atoms with E-state index < -0.39 is 0 Å². The van der Waals surface area contributed by atoms with Crippen LogP contribution in [0.4, 0.5) is 11.9 Å². The van der Waals surface area contributed by atoms with E-state index in [1.54, 1.807) is 19.0 Å². The van der Waals surface area contributed by atoms with Gasteiger partial charge >= 0.3 is 0 Å². The van der Waals surface area contributed by atoms with Crippen molar-refractivity contribution in [3.05, 3.63) is 5.28 Å². The van der Waals surface area contributed by atoms with Gasteiger partial charge in [0.2, 0.25) is 17.2 Å². The van der Waals surface area contributed by atoms with Crippen molar-refractivity contribution in [2.24, 2.45) is 0 Å². The average molecular weight is 174 g/mol. The van der Waals surface area contributed by atoms with Gasteiger partial charge in [-0.15, -0.1) is 0 Å². The van der Waals surface area contributed by atoms with Crippen LogP contribution in [0.5, 0.6) is 0 Å². The molecule has 0 saturated carbocycles. The van der Waals surface area contributed by atoms with E-state index in [9.17, 15) is 0 Å². The molecule has 0 aliphatic rings. The summed E-state index contributed by atoms with van der Waals surface area (Å²) in [6.07, 6.45) is 0. The lowest BCUT2D eigenvalue weighted by Crippen LogP contribution is -2.14. The summed E-state index contributed by atoms with van der Waals surface area (Å²) in [6, 6.07) is 0. The van der Waals surface area contributed by atoms with Crippen LogP contribution in [0, 0.1) is 0 Å². The van der Waals surface area contributed by atoms with Gasteiger partial charge in [-0.1, -0.05) is 0 Å². The number of aromatic nitrogens is 3. The Bertz CT molecular complexity index is 241. The highest BCUT2D eigenvalue weighted by Gasteiger charge is 2.02. The minimum atomic E-state index is 0.112. The normalized spacial score (nSPS) is 9.73. The van der Waals surface area contributed by atoms with E-state index in [0.717, 1.165) is 0 Å². The molecule has 2 N–H and O–H groups in total. The number of nitrogens with two attached hydrogens (primary N) is 1. The molecular formula is C5H8ClN5. The third kappa shape index (κ3) is 1.91. The minimum Gasteiger partial charge on any atom is -0.368 e. The number of halogens is 1. The second kappa shape index (κ2) is 2.87. The smallest absolute Gasteiger partial charge is 0.230 e. The Kier molecular flexibility index (Phi) is 2.09. The molecule has 0 aliphatic heterocycles. The summed E-state index contributed by atoms with van der Waals surface area (Å²) in [5.74, 6) is 0.594. The summed E-state index contributed by atoms with van der Waals surface area (Å²) in [4.78, 5) is 13.0. The first-order valence-electron chi connectivity index (χ1n) is 2.94. The highest BCUT2D eigenvalue weighted by Crippen LogP contribution is 2.08. The Balaban J connectivity index is 3.08. The highest BCUT2D eigenvalue weighted by molar-refractivity contribution is 6.28. The van der Waals surface area contributed by atoms with Crippen molar-refractivity contribution in [3.63, 3.8) is 0 Å². The van der Waals surface area contributed by atoms with Crippen LogP contribution in [0.2, 0.25) is 5.28 Å². The Morgan fingerprint density at radius 3 is 2.36 bits per heavy atom. The van der Waals surface area contributed by atoms with Crippen LogP contribution in [-0.4, -0.2) is 29.0 Å². The van der Waals surface area contributed by atoms with Gasteiger partial charge in [-0.25, -0.2) is 0 Å². The van der Waals surface area contributed by atoms with Crippen LogP contribution in [0.15, 0.2) is 0 Å². The molecule has 0 atom stereocenters. The second-order valence-corrected chi connectivity index (χ2v) is 2.50. The Morgan fingerprint density at radius 1 is 1.27 bits per heavy atom. The molecule has 1 aromatic heterocycles. The summed E-state index contributed by atoms with van der Waals surface area (Å²) in [5, 5.41) is 0.112. The maximum absolute atomic E-state index is 5.53. The van der Waals surface area contributed by atoms with Gasteiger partial charge < -0.3 is 10.6 Å². The van der Waals surface area contributed by atoms with Crippen molar-refractivity contribution in [3.8, 4) is 0 Å². The van der Waals surface area contributed by atoms with Gasteiger partial charge in [-0.3, -0.25) is 0 Å². The molecule has 1 aromatic rings. The molecule has 1 heterocycles. The molecule has 0 unspecified atom stereocenters. The number of nitrogens with zero attached hydrogens (tertiary/aromatic N) is 4. The fraction of sp³-hybridized carbons (Fsp3) is 0.400. The maximum atomic E-state index is 5.53. The molecule has 0 aliphatic carbocycles. The largest absolute Gasteiger partial charge is 0.368 e. The van der Waals surface area contributed by atoms with E-state index in [1.165, 1.54) is 0 Å². The molecule has 0 fully saturated rings. The average Bonchev–Trinajstić information content (AvgIpc) is 1.85. The number of hydrogen-bond acceptors (Lipinski definition) is 5. The monoisotopic (exact) mass is 173 g/mol. The fourth-order valence-corrected chi connectivity index (χ4v) is 0.717. The number of rotatable bonds is 1. The van der Waals surface area contributed by atoms with E-state index in [2.05, 4.69) is 15.0 Å². The molecule has 0 bridgehead atoms. The summed E-state index contributed by atoms with van der Waals surface area (Å²) >= 11 is 5.53. The molecule has 6 heteroatoms. The zero-order valence-corrected chi connectivity index (χ0v) is 7.00. The van der Waals surface area contributed by atoms with Crippen LogP contribution < -0.4 is 10.6 Å². The predicted octanol–water partition coefficient (Wildman–Crippen LogP) is 0.173. The van der Waals surface area contributed by atoms with Crippen molar-refractivity contribution in [1.82, 2.24) is 15.0 Å². The lowest BCUT2D eigenvalue weighted by atomic mass is 10.8. The third-order valence-corrected chi connectivity index (χ3v) is 1.18. The van der Waals surface area contributed by atoms with Crippen LogP contribution in [0.3, 0.4) is 0 Å². The van der Waals surface area contributed by atoms with Gasteiger partial charge in [-0.05, 0) is 11.6 Å². The zero-order chi connectivity index (χ0) is 8.43. The number of anilines is 2. The van der Waals surface area contributed by atoms with Gasteiger partial charge in [0.1, 0.15) is 0 Å².